The molecule has 0 aliphatic heterocycles. The number of primary amides is 1. The molecule has 0 radical (unpaired) electrons. The zero-order valence-electron chi connectivity index (χ0n) is 14.6. The Hall–Kier alpha value is -3.48. The van der Waals surface area contributed by atoms with Crippen LogP contribution in [0, 0.1) is 0 Å². The zero-order chi connectivity index (χ0) is 19.1. The predicted octanol–water partition coefficient (Wildman–Crippen LogP) is 2.90. The molecule has 0 aliphatic carbocycles. The van der Waals surface area contributed by atoms with Gasteiger partial charge >= 0.3 is 5.97 Å². The Morgan fingerprint density at radius 3 is 2.48 bits per heavy atom. The first kappa shape index (κ1) is 18.3. The van der Waals surface area contributed by atoms with Crippen LogP contribution in [0.5, 0.6) is 0 Å². The van der Waals surface area contributed by atoms with Crippen molar-refractivity contribution in [1.29, 1.82) is 0 Å². The Labute approximate surface area is 156 Å². The molecule has 0 fully saturated rings. The summed E-state index contributed by atoms with van der Waals surface area (Å²) in [6.45, 7) is 0.149. The molecule has 0 saturated heterocycles. The van der Waals surface area contributed by atoms with Crippen LogP contribution in [0.4, 0.5) is 0 Å². The van der Waals surface area contributed by atoms with Gasteiger partial charge in [-0.3, -0.25) is 9.59 Å². The number of ether oxygens (including phenoxy) is 1. The summed E-state index contributed by atoms with van der Waals surface area (Å²) in [5, 5.41) is 3.94. The summed E-state index contributed by atoms with van der Waals surface area (Å²) in [5.41, 5.74) is 7.27. The fraction of sp³-hybridized carbons (Fsp3) is 0.200. The second-order valence-electron chi connectivity index (χ2n) is 5.95. The molecular formula is C20H19N3O4. The molecule has 0 atom stereocenters. The maximum atomic E-state index is 11.8. The minimum Gasteiger partial charge on any atom is -0.461 e. The third kappa shape index (κ3) is 5.24. The minimum atomic E-state index is -0.491. The van der Waals surface area contributed by atoms with Crippen LogP contribution in [0.15, 0.2) is 59.1 Å². The summed E-state index contributed by atoms with van der Waals surface area (Å²) >= 11 is 0. The largest absolute Gasteiger partial charge is 0.461 e. The topological polar surface area (TPSA) is 108 Å². The number of nitrogens with two attached hydrogens (primary N) is 1. The lowest BCUT2D eigenvalue weighted by Gasteiger charge is -2.05. The van der Waals surface area contributed by atoms with Gasteiger partial charge in [0, 0.05) is 24.0 Å². The van der Waals surface area contributed by atoms with E-state index in [1.807, 2.05) is 30.3 Å². The lowest BCUT2D eigenvalue weighted by molar-refractivity contribution is -0.145. The molecule has 0 unspecified atom stereocenters. The molecule has 138 valence electrons. The number of hydrogen-bond donors (Lipinski definition) is 1. The van der Waals surface area contributed by atoms with Crippen molar-refractivity contribution in [3.05, 3.63) is 71.6 Å². The Bertz CT molecular complexity index is 904. The average molecular weight is 365 g/mol. The molecule has 1 amide bonds. The highest BCUT2D eigenvalue weighted by Gasteiger charge is 2.10. The van der Waals surface area contributed by atoms with E-state index in [-0.39, 0.29) is 19.0 Å². The second kappa shape index (κ2) is 8.75. The number of amides is 1. The van der Waals surface area contributed by atoms with Crippen molar-refractivity contribution in [3.63, 3.8) is 0 Å². The maximum absolute atomic E-state index is 11.8. The van der Waals surface area contributed by atoms with Crippen LogP contribution < -0.4 is 5.73 Å². The third-order valence-corrected chi connectivity index (χ3v) is 3.91. The van der Waals surface area contributed by atoms with Gasteiger partial charge in [-0.05, 0) is 24.1 Å². The van der Waals surface area contributed by atoms with Gasteiger partial charge in [0.05, 0.1) is 0 Å². The van der Waals surface area contributed by atoms with E-state index in [1.54, 1.807) is 24.3 Å². The van der Waals surface area contributed by atoms with Gasteiger partial charge in [0.15, 0.2) is 0 Å². The standard InChI is InChI=1S/C20H19N3O4/c21-19(25)15-11-9-14(10-12-15)13-26-18(24)8-4-7-17-22-20(23-27-17)16-5-2-1-3-6-16/h1-3,5-6,9-12H,4,7-8,13H2,(H2,21,25). The second-order valence-corrected chi connectivity index (χ2v) is 5.95. The highest BCUT2D eigenvalue weighted by Crippen LogP contribution is 2.15. The van der Waals surface area contributed by atoms with Crippen LogP contribution in [0.3, 0.4) is 0 Å². The first-order valence-electron chi connectivity index (χ1n) is 8.54. The summed E-state index contributed by atoms with van der Waals surface area (Å²) in [6.07, 6.45) is 1.31. The lowest BCUT2D eigenvalue weighted by atomic mass is 10.1. The van der Waals surface area contributed by atoms with Crippen molar-refractivity contribution in [2.45, 2.75) is 25.9 Å². The number of benzene rings is 2. The van der Waals surface area contributed by atoms with E-state index in [1.165, 1.54) is 0 Å². The molecular weight excluding hydrogens is 346 g/mol. The lowest BCUT2D eigenvalue weighted by Crippen LogP contribution is -2.11. The summed E-state index contributed by atoms with van der Waals surface area (Å²) in [4.78, 5) is 27.2. The fourth-order valence-corrected chi connectivity index (χ4v) is 2.45. The Balaban J connectivity index is 1.41. The average Bonchev–Trinajstić information content (AvgIpc) is 3.16. The SMILES string of the molecule is NC(=O)c1ccc(COC(=O)CCCc2nc(-c3ccccc3)no2)cc1. The Kier molecular flexibility index (Phi) is 5.94. The van der Waals surface area contributed by atoms with Crippen molar-refractivity contribution < 1.29 is 18.8 Å². The molecule has 0 spiro atoms. The number of carbonyl (C=O) groups is 2. The van der Waals surface area contributed by atoms with Crippen molar-refractivity contribution in [1.82, 2.24) is 10.1 Å². The number of aromatic nitrogens is 2. The molecule has 0 bridgehead atoms. The number of rotatable bonds is 8. The van der Waals surface area contributed by atoms with Gasteiger partial charge in [0.25, 0.3) is 0 Å². The molecule has 27 heavy (non-hydrogen) atoms. The van der Waals surface area contributed by atoms with Crippen molar-refractivity contribution >= 4 is 11.9 Å². The third-order valence-electron chi connectivity index (χ3n) is 3.91. The van der Waals surface area contributed by atoms with Gasteiger partial charge in [0.2, 0.25) is 17.6 Å². The van der Waals surface area contributed by atoms with Crippen LogP contribution in [-0.2, 0) is 22.6 Å². The molecule has 3 rings (SSSR count). The molecule has 0 aliphatic rings. The van der Waals surface area contributed by atoms with Crippen LogP contribution in [0.1, 0.15) is 34.7 Å². The first-order chi connectivity index (χ1) is 13.1. The van der Waals surface area contributed by atoms with Crippen LogP contribution in [-0.4, -0.2) is 22.0 Å². The van der Waals surface area contributed by atoms with Gasteiger partial charge in [-0.25, -0.2) is 0 Å². The number of aryl methyl sites for hydroxylation is 1. The quantitative estimate of drug-likeness (QED) is 0.615. The van der Waals surface area contributed by atoms with Crippen molar-refractivity contribution in [2.24, 2.45) is 5.73 Å². The van der Waals surface area contributed by atoms with Gasteiger partial charge < -0.3 is 15.0 Å². The Morgan fingerprint density at radius 1 is 1.04 bits per heavy atom. The number of nitrogens with zero attached hydrogens (tertiary/aromatic N) is 2. The normalized spacial score (nSPS) is 10.5. The highest BCUT2D eigenvalue weighted by molar-refractivity contribution is 5.92. The summed E-state index contributed by atoms with van der Waals surface area (Å²) in [7, 11) is 0. The predicted molar refractivity (Wildman–Crippen MR) is 97.4 cm³/mol. The van der Waals surface area contributed by atoms with Gasteiger partial charge in [-0.2, -0.15) is 4.98 Å². The molecule has 7 heteroatoms. The molecule has 1 aromatic heterocycles. The van der Waals surface area contributed by atoms with E-state index in [0.29, 0.717) is 30.1 Å². The number of hydrogen-bond acceptors (Lipinski definition) is 6. The summed E-state index contributed by atoms with van der Waals surface area (Å²) in [6, 6.07) is 16.2. The fourth-order valence-electron chi connectivity index (χ4n) is 2.45. The summed E-state index contributed by atoms with van der Waals surface area (Å²) < 4.78 is 10.4. The zero-order valence-corrected chi connectivity index (χ0v) is 14.6. The van der Waals surface area contributed by atoms with E-state index in [4.69, 9.17) is 15.0 Å². The van der Waals surface area contributed by atoms with Gasteiger partial charge in [0.1, 0.15) is 6.61 Å². The number of carbonyl (C=O) groups excluding carboxylic acids is 2. The van der Waals surface area contributed by atoms with Crippen LogP contribution in [0.2, 0.25) is 0 Å². The van der Waals surface area contributed by atoms with Crippen LogP contribution >= 0.6 is 0 Å². The maximum Gasteiger partial charge on any atom is 0.306 e. The van der Waals surface area contributed by atoms with Crippen LogP contribution in [0.25, 0.3) is 11.4 Å². The monoisotopic (exact) mass is 365 g/mol. The van der Waals surface area contributed by atoms with Crippen molar-refractivity contribution in [3.8, 4) is 11.4 Å². The summed E-state index contributed by atoms with van der Waals surface area (Å²) in [5.74, 6) is 0.225. The van der Waals surface area contributed by atoms with E-state index < -0.39 is 5.91 Å². The van der Waals surface area contributed by atoms with Crippen molar-refractivity contribution in [2.75, 3.05) is 0 Å². The highest BCUT2D eigenvalue weighted by atomic mass is 16.5. The molecule has 7 nitrogen and oxygen atoms in total. The van der Waals surface area contributed by atoms with Gasteiger partial charge in [-0.1, -0.05) is 47.6 Å². The van der Waals surface area contributed by atoms with E-state index >= 15 is 0 Å². The molecule has 2 N–H and O–H groups in total. The molecule has 1 heterocycles. The van der Waals surface area contributed by atoms with E-state index in [9.17, 15) is 9.59 Å². The first-order valence-corrected chi connectivity index (χ1v) is 8.54. The molecule has 2 aromatic carbocycles. The number of esters is 1. The Morgan fingerprint density at radius 2 is 1.78 bits per heavy atom. The molecule has 0 saturated carbocycles. The smallest absolute Gasteiger partial charge is 0.306 e. The molecule has 3 aromatic rings. The van der Waals surface area contributed by atoms with Gasteiger partial charge in [-0.15, -0.1) is 0 Å². The van der Waals surface area contributed by atoms with E-state index in [0.717, 1.165) is 11.1 Å². The minimum absolute atomic E-state index is 0.149. The van der Waals surface area contributed by atoms with E-state index in [2.05, 4.69) is 10.1 Å².